The fraction of sp³-hybridized carbons (Fsp3) is 0.364. The minimum atomic E-state index is -0.390. The van der Waals surface area contributed by atoms with Crippen LogP contribution in [0.2, 0.25) is 0 Å². The van der Waals surface area contributed by atoms with E-state index in [1.807, 2.05) is 0 Å². The molecule has 0 saturated carbocycles. The number of nitrogens with two attached hydrogens (primary N) is 2. The first-order valence-electron chi connectivity index (χ1n) is 10.2. The van der Waals surface area contributed by atoms with Crippen molar-refractivity contribution in [2.75, 3.05) is 23.7 Å². The van der Waals surface area contributed by atoms with Crippen molar-refractivity contribution in [3.05, 3.63) is 46.4 Å². The zero-order valence-corrected chi connectivity index (χ0v) is 17.4. The van der Waals surface area contributed by atoms with Gasteiger partial charge in [-0.25, -0.2) is 9.67 Å². The Morgan fingerprint density at radius 2 is 2.13 bits per heavy atom. The largest absolute Gasteiger partial charge is 0.398 e. The standard InChI is InChI=1S/C22H25N7O2/c1-2-3-11-28-20-18(26-22(28)27-10-6-7-15(23)13-27)12-25-29(21(20)31)14-19(30)16-8-4-5-9-17(16)24/h4-5,8-9,12,15H,6-7,10-11,13-14,23-24H2,1H3. The number of benzene rings is 1. The van der Waals surface area contributed by atoms with E-state index >= 15 is 0 Å². The summed E-state index contributed by atoms with van der Waals surface area (Å²) < 4.78 is 2.95. The lowest BCUT2D eigenvalue weighted by atomic mass is 10.1. The van der Waals surface area contributed by atoms with E-state index in [4.69, 9.17) is 11.5 Å². The number of nitrogen functional groups attached to an aromatic ring is 1. The maximum absolute atomic E-state index is 13.3. The summed E-state index contributed by atoms with van der Waals surface area (Å²) in [5, 5.41) is 4.18. The molecule has 3 aromatic rings. The molecule has 1 fully saturated rings. The van der Waals surface area contributed by atoms with Crippen LogP contribution < -0.4 is 21.9 Å². The van der Waals surface area contributed by atoms with Crippen LogP contribution in [0.25, 0.3) is 11.0 Å². The summed E-state index contributed by atoms with van der Waals surface area (Å²) >= 11 is 0. The average molecular weight is 419 g/mol. The highest BCUT2D eigenvalue weighted by atomic mass is 16.1. The van der Waals surface area contributed by atoms with Crippen molar-refractivity contribution in [1.82, 2.24) is 19.3 Å². The number of ketones is 1. The zero-order valence-electron chi connectivity index (χ0n) is 17.4. The first-order valence-corrected chi connectivity index (χ1v) is 10.2. The summed E-state index contributed by atoms with van der Waals surface area (Å²) in [5.41, 5.74) is 13.2. The van der Waals surface area contributed by atoms with Crippen LogP contribution in [-0.4, -0.2) is 44.2 Å². The molecule has 9 nitrogen and oxygen atoms in total. The van der Waals surface area contributed by atoms with Gasteiger partial charge >= 0.3 is 0 Å². The number of carbonyl (C=O) groups is 1. The van der Waals surface area contributed by atoms with Crippen LogP contribution in [0.5, 0.6) is 0 Å². The maximum atomic E-state index is 13.3. The van der Waals surface area contributed by atoms with E-state index in [0.29, 0.717) is 41.3 Å². The highest BCUT2D eigenvalue weighted by Crippen LogP contribution is 2.23. The van der Waals surface area contributed by atoms with E-state index in [-0.39, 0.29) is 18.4 Å². The van der Waals surface area contributed by atoms with Crippen molar-refractivity contribution < 1.29 is 4.79 Å². The number of imidazole rings is 1. The summed E-state index contributed by atoms with van der Waals surface area (Å²) in [7, 11) is 0. The SMILES string of the molecule is CC#CCn1c(N2CCCC(N)C2)nc2cnn(CC(=O)c3ccccc3N)c(=O)c21. The molecule has 4 rings (SSSR count). The lowest BCUT2D eigenvalue weighted by molar-refractivity contribution is 0.0966. The summed E-state index contributed by atoms with van der Waals surface area (Å²) in [4.78, 5) is 32.8. The van der Waals surface area contributed by atoms with E-state index in [2.05, 4.69) is 26.8 Å². The summed E-state index contributed by atoms with van der Waals surface area (Å²) in [5.74, 6) is 6.26. The van der Waals surface area contributed by atoms with Crippen molar-refractivity contribution in [3.8, 4) is 11.8 Å². The van der Waals surface area contributed by atoms with Crippen LogP contribution in [0.15, 0.2) is 35.3 Å². The van der Waals surface area contributed by atoms with Gasteiger partial charge in [-0.3, -0.25) is 14.2 Å². The maximum Gasteiger partial charge on any atom is 0.293 e. The third-order valence-electron chi connectivity index (χ3n) is 5.44. The van der Waals surface area contributed by atoms with Crippen molar-refractivity contribution in [2.45, 2.75) is 38.9 Å². The van der Waals surface area contributed by atoms with Gasteiger partial charge < -0.3 is 16.4 Å². The van der Waals surface area contributed by atoms with Crippen LogP contribution >= 0.6 is 0 Å². The number of hydrogen-bond acceptors (Lipinski definition) is 7. The second-order valence-electron chi connectivity index (χ2n) is 7.62. The Kier molecular flexibility index (Phi) is 5.73. The smallest absolute Gasteiger partial charge is 0.293 e. The molecule has 160 valence electrons. The average Bonchev–Trinajstić information content (AvgIpc) is 3.13. The van der Waals surface area contributed by atoms with Crippen LogP contribution in [-0.2, 0) is 13.1 Å². The van der Waals surface area contributed by atoms with Gasteiger partial charge in [-0.15, -0.1) is 5.92 Å². The molecule has 0 amide bonds. The Labute approximate surface area is 179 Å². The lowest BCUT2D eigenvalue weighted by Crippen LogP contribution is -2.44. The molecule has 31 heavy (non-hydrogen) atoms. The quantitative estimate of drug-likeness (QED) is 0.359. The van der Waals surface area contributed by atoms with E-state index in [0.717, 1.165) is 24.1 Å². The topological polar surface area (TPSA) is 125 Å². The molecule has 0 radical (unpaired) electrons. The third kappa shape index (κ3) is 4.02. The van der Waals surface area contributed by atoms with E-state index in [9.17, 15) is 9.59 Å². The molecule has 0 bridgehead atoms. The number of hydrogen-bond donors (Lipinski definition) is 2. The first kappa shape index (κ1) is 20.6. The van der Waals surface area contributed by atoms with Gasteiger partial charge in [0.15, 0.2) is 5.78 Å². The number of piperidine rings is 1. The number of carbonyl (C=O) groups excluding carboxylic acids is 1. The number of aromatic nitrogens is 4. The second kappa shape index (κ2) is 8.62. The van der Waals surface area contributed by atoms with Crippen molar-refractivity contribution >= 4 is 28.5 Å². The van der Waals surface area contributed by atoms with Gasteiger partial charge in [-0.05, 0) is 31.9 Å². The normalized spacial score (nSPS) is 16.2. The molecule has 0 aliphatic carbocycles. The number of fused-ring (bicyclic) bond motifs is 1. The van der Waals surface area contributed by atoms with E-state index in [1.54, 1.807) is 35.8 Å². The van der Waals surface area contributed by atoms with Crippen LogP contribution in [0.4, 0.5) is 11.6 Å². The van der Waals surface area contributed by atoms with Gasteiger partial charge in [0.1, 0.15) is 17.6 Å². The predicted octanol–water partition coefficient (Wildman–Crippen LogP) is 1.01. The van der Waals surface area contributed by atoms with Gasteiger partial charge in [0.2, 0.25) is 5.95 Å². The molecule has 1 aromatic carbocycles. The van der Waals surface area contributed by atoms with Crippen molar-refractivity contribution in [2.24, 2.45) is 5.73 Å². The zero-order chi connectivity index (χ0) is 22.0. The molecular weight excluding hydrogens is 394 g/mol. The van der Waals surface area contributed by atoms with Gasteiger partial charge in [0.05, 0.1) is 12.7 Å². The molecule has 4 N–H and O–H groups in total. The molecule has 9 heteroatoms. The number of nitrogens with zero attached hydrogens (tertiary/aromatic N) is 5. The lowest BCUT2D eigenvalue weighted by Gasteiger charge is -2.31. The summed E-state index contributed by atoms with van der Waals surface area (Å²) in [6, 6.07) is 6.84. The molecule has 0 spiro atoms. The van der Waals surface area contributed by atoms with Crippen LogP contribution in [0.1, 0.15) is 30.1 Å². The Morgan fingerprint density at radius 3 is 2.87 bits per heavy atom. The fourth-order valence-corrected chi connectivity index (χ4v) is 3.90. The third-order valence-corrected chi connectivity index (χ3v) is 5.44. The van der Waals surface area contributed by atoms with Gasteiger partial charge in [0, 0.05) is 30.4 Å². The number of rotatable bonds is 5. The highest BCUT2D eigenvalue weighted by molar-refractivity contribution is 6.00. The molecule has 1 saturated heterocycles. The second-order valence-corrected chi connectivity index (χ2v) is 7.62. The Bertz CT molecular complexity index is 1250. The first-order chi connectivity index (χ1) is 15.0. The molecule has 1 unspecified atom stereocenters. The Balaban J connectivity index is 1.77. The van der Waals surface area contributed by atoms with Crippen LogP contribution in [0.3, 0.4) is 0 Å². The minimum Gasteiger partial charge on any atom is -0.398 e. The molecule has 1 aliphatic rings. The van der Waals surface area contributed by atoms with Gasteiger partial charge in [-0.1, -0.05) is 18.1 Å². The van der Waals surface area contributed by atoms with Crippen molar-refractivity contribution in [3.63, 3.8) is 0 Å². The van der Waals surface area contributed by atoms with Gasteiger partial charge in [0.25, 0.3) is 5.56 Å². The molecule has 3 heterocycles. The molecular formula is C22H25N7O2. The molecule has 1 aliphatic heterocycles. The Morgan fingerprint density at radius 1 is 1.32 bits per heavy atom. The molecule has 2 aromatic heterocycles. The number of para-hydroxylation sites is 1. The number of Topliss-reactive ketones (excluding diaryl/α,β-unsaturated/α-hetero) is 1. The fourth-order valence-electron chi connectivity index (χ4n) is 3.90. The van der Waals surface area contributed by atoms with Crippen molar-refractivity contribution in [1.29, 1.82) is 0 Å². The van der Waals surface area contributed by atoms with Crippen LogP contribution in [0, 0.1) is 11.8 Å². The predicted molar refractivity (Wildman–Crippen MR) is 120 cm³/mol. The summed E-state index contributed by atoms with van der Waals surface area (Å²) in [6.07, 6.45) is 3.44. The van der Waals surface area contributed by atoms with Gasteiger partial charge in [-0.2, -0.15) is 5.10 Å². The summed E-state index contributed by atoms with van der Waals surface area (Å²) in [6.45, 7) is 3.32. The minimum absolute atomic E-state index is 0.0583. The molecule has 1 atom stereocenters. The van der Waals surface area contributed by atoms with E-state index < -0.39 is 5.56 Å². The Hall–Kier alpha value is -3.64. The van der Waals surface area contributed by atoms with E-state index in [1.165, 1.54) is 6.20 Å². The number of anilines is 2. The monoisotopic (exact) mass is 419 g/mol. The highest BCUT2D eigenvalue weighted by Gasteiger charge is 2.24.